The molecular formula is C28H30ClN5O3. The van der Waals surface area contributed by atoms with Gasteiger partial charge in [0.05, 0.1) is 17.6 Å². The third-order valence-corrected chi connectivity index (χ3v) is 7.50. The molecule has 8 nitrogen and oxygen atoms in total. The number of nitrogens with zero attached hydrogens (tertiary/aromatic N) is 5. The van der Waals surface area contributed by atoms with Crippen LogP contribution >= 0.6 is 11.6 Å². The van der Waals surface area contributed by atoms with Gasteiger partial charge >= 0.3 is 5.97 Å². The number of halogens is 1. The predicted octanol–water partition coefficient (Wildman–Crippen LogP) is 5.10. The number of aromatic nitrogens is 4. The van der Waals surface area contributed by atoms with Gasteiger partial charge in [0.25, 0.3) is 0 Å². The first-order chi connectivity index (χ1) is 17.8. The fourth-order valence-corrected chi connectivity index (χ4v) is 5.32. The van der Waals surface area contributed by atoms with E-state index in [-0.39, 0.29) is 18.4 Å². The van der Waals surface area contributed by atoms with E-state index >= 15 is 0 Å². The molecule has 0 aliphatic carbocycles. The molecule has 2 unspecified atom stereocenters. The second kappa shape index (κ2) is 10.5. The van der Waals surface area contributed by atoms with Gasteiger partial charge in [-0.2, -0.15) is 0 Å². The Labute approximate surface area is 220 Å². The van der Waals surface area contributed by atoms with Crippen LogP contribution in [0.4, 0.5) is 0 Å². The maximum atomic E-state index is 11.9. The van der Waals surface area contributed by atoms with E-state index in [1.54, 1.807) is 10.9 Å². The summed E-state index contributed by atoms with van der Waals surface area (Å²) in [7, 11) is 1.85. The van der Waals surface area contributed by atoms with Crippen molar-refractivity contribution in [2.75, 3.05) is 6.54 Å². The third kappa shape index (κ3) is 5.17. The first-order valence-electron chi connectivity index (χ1n) is 12.5. The zero-order valence-corrected chi connectivity index (χ0v) is 21.9. The highest BCUT2D eigenvalue weighted by atomic mass is 35.5. The Kier molecular flexibility index (Phi) is 7.13. The van der Waals surface area contributed by atoms with E-state index in [1.807, 2.05) is 56.4 Å². The first kappa shape index (κ1) is 25.2. The lowest BCUT2D eigenvalue weighted by Crippen LogP contribution is -2.32. The minimum absolute atomic E-state index is 0.0412. The molecule has 9 heteroatoms. The number of carboxylic acid groups (broad SMARTS) is 1. The van der Waals surface area contributed by atoms with Gasteiger partial charge in [0.1, 0.15) is 17.4 Å². The summed E-state index contributed by atoms with van der Waals surface area (Å²) in [6, 6.07) is 13.6. The van der Waals surface area contributed by atoms with E-state index in [1.165, 1.54) is 0 Å². The molecule has 1 aliphatic heterocycles. The highest BCUT2D eigenvalue weighted by Gasteiger charge is 2.25. The number of pyridine rings is 1. The number of ether oxygens (including phenoxy) is 1. The topological polar surface area (TPSA) is 93.4 Å². The lowest BCUT2D eigenvalue weighted by molar-refractivity contribution is -0.137. The monoisotopic (exact) mass is 519 g/mol. The average Bonchev–Trinajstić information content (AvgIpc) is 3.16. The number of hydrogen-bond acceptors (Lipinski definition) is 6. The Morgan fingerprint density at radius 1 is 1.27 bits per heavy atom. The molecule has 4 aromatic rings. The van der Waals surface area contributed by atoms with Gasteiger partial charge in [0.2, 0.25) is 0 Å². The van der Waals surface area contributed by atoms with Crippen molar-refractivity contribution < 1.29 is 14.6 Å². The van der Waals surface area contributed by atoms with Crippen LogP contribution in [0.25, 0.3) is 11.0 Å². The lowest BCUT2D eigenvalue weighted by atomic mass is 9.85. The molecule has 0 radical (unpaired) electrons. The molecule has 2 atom stereocenters. The molecule has 0 saturated carbocycles. The van der Waals surface area contributed by atoms with Crippen LogP contribution in [0.2, 0.25) is 5.02 Å². The van der Waals surface area contributed by atoms with Crippen LogP contribution in [-0.2, 0) is 24.9 Å². The number of benzene rings is 2. The normalized spacial score (nSPS) is 16.7. The van der Waals surface area contributed by atoms with E-state index < -0.39 is 5.97 Å². The van der Waals surface area contributed by atoms with E-state index in [0.29, 0.717) is 18.1 Å². The SMILES string of the molecule is CCC1CN(Cc2cc(C(CC(=O)O)c3ccc4c(nnn4C)c3C)ccc2Cl)Cc2ncccc2O1. The van der Waals surface area contributed by atoms with Gasteiger partial charge in [-0.25, -0.2) is 4.68 Å². The quantitative estimate of drug-likeness (QED) is 0.363. The smallest absolute Gasteiger partial charge is 0.304 e. The highest BCUT2D eigenvalue weighted by Crippen LogP contribution is 2.35. The molecule has 192 valence electrons. The van der Waals surface area contributed by atoms with Crippen LogP contribution in [0.5, 0.6) is 5.75 Å². The zero-order chi connectivity index (χ0) is 26.1. The molecule has 5 rings (SSSR count). The van der Waals surface area contributed by atoms with Crippen molar-refractivity contribution in [3.63, 3.8) is 0 Å². The zero-order valence-electron chi connectivity index (χ0n) is 21.2. The van der Waals surface area contributed by atoms with Gasteiger partial charge in [-0.3, -0.25) is 14.7 Å². The summed E-state index contributed by atoms with van der Waals surface area (Å²) in [5.41, 5.74) is 6.32. The molecule has 1 aliphatic rings. The van der Waals surface area contributed by atoms with Crippen LogP contribution < -0.4 is 4.74 Å². The van der Waals surface area contributed by atoms with Crippen molar-refractivity contribution in [1.82, 2.24) is 24.9 Å². The fourth-order valence-electron chi connectivity index (χ4n) is 5.15. The number of rotatable bonds is 7. The molecule has 0 spiro atoms. The average molecular weight is 520 g/mol. The number of hydrogen-bond donors (Lipinski definition) is 1. The number of fused-ring (bicyclic) bond motifs is 2. The van der Waals surface area contributed by atoms with Gasteiger partial charge in [0.15, 0.2) is 0 Å². The van der Waals surface area contributed by atoms with Gasteiger partial charge in [-0.05, 0) is 59.9 Å². The van der Waals surface area contributed by atoms with Gasteiger partial charge in [-0.1, -0.05) is 41.9 Å². The predicted molar refractivity (Wildman–Crippen MR) is 142 cm³/mol. The van der Waals surface area contributed by atoms with Crippen LogP contribution in [0.3, 0.4) is 0 Å². The summed E-state index contributed by atoms with van der Waals surface area (Å²) in [6.07, 6.45) is 2.67. The van der Waals surface area contributed by atoms with Crippen molar-refractivity contribution in [1.29, 1.82) is 0 Å². The van der Waals surface area contributed by atoms with Crippen LogP contribution in [0.1, 0.15) is 53.6 Å². The Morgan fingerprint density at radius 3 is 2.89 bits per heavy atom. The van der Waals surface area contributed by atoms with Crippen LogP contribution in [-0.4, -0.2) is 48.6 Å². The van der Waals surface area contributed by atoms with Gasteiger partial charge in [0, 0.05) is 43.8 Å². The third-order valence-electron chi connectivity index (χ3n) is 7.13. The number of carboxylic acids is 1. The van der Waals surface area contributed by atoms with Crippen molar-refractivity contribution >= 4 is 28.6 Å². The second-order valence-corrected chi connectivity index (χ2v) is 10.0. The van der Waals surface area contributed by atoms with Gasteiger partial charge < -0.3 is 9.84 Å². The Morgan fingerprint density at radius 2 is 2.11 bits per heavy atom. The molecular weight excluding hydrogens is 490 g/mol. The highest BCUT2D eigenvalue weighted by molar-refractivity contribution is 6.31. The summed E-state index contributed by atoms with van der Waals surface area (Å²) in [5, 5.41) is 18.9. The Hall–Kier alpha value is -3.49. The standard InChI is InChI=1S/C28H30ClN5O3/c1-4-20-15-34(16-24-26(37-20)6-5-11-30-24)14-19-12-18(7-9-23(19)29)22(13-27(35)36)21-8-10-25-28(17(21)2)31-32-33(25)3/h5-12,20,22H,4,13-16H2,1-3H3,(H,35,36). The number of carbonyl (C=O) groups is 1. The van der Waals surface area contributed by atoms with E-state index in [9.17, 15) is 9.90 Å². The molecule has 0 fully saturated rings. The van der Waals surface area contributed by atoms with Crippen LogP contribution in [0.15, 0.2) is 48.7 Å². The molecule has 37 heavy (non-hydrogen) atoms. The molecule has 3 heterocycles. The van der Waals surface area contributed by atoms with E-state index in [2.05, 4.69) is 27.1 Å². The van der Waals surface area contributed by atoms with Gasteiger partial charge in [-0.15, -0.1) is 5.10 Å². The summed E-state index contributed by atoms with van der Waals surface area (Å²) >= 11 is 6.68. The molecule has 0 saturated heterocycles. The van der Waals surface area contributed by atoms with Crippen molar-refractivity contribution in [3.8, 4) is 5.75 Å². The molecule has 0 bridgehead atoms. The maximum Gasteiger partial charge on any atom is 0.304 e. The summed E-state index contributed by atoms with van der Waals surface area (Å²) in [6.45, 7) is 6.09. The molecule has 2 aromatic carbocycles. The van der Waals surface area contributed by atoms with Crippen LogP contribution in [0, 0.1) is 6.92 Å². The lowest BCUT2D eigenvalue weighted by Gasteiger charge is -2.25. The second-order valence-electron chi connectivity index (χ2n) is 9.63. The largest absolute Gasteiger partial charge is 0.487 e. The van der Waals surface area contributed by atoms with Crippen molar-refractivity contribution in [3.05, 3.63) is 81.6 Å². The van der Waals surface area contributed by atoms with E-state index in [0.717, 1.165) is 57.7 Å². The number of aryl methyl sites for hydroxylation is 2. The van der Waals surface area contributed by atoms with E-state index in [4.69, 9.17) is 16.3 Å². The minimum Gasteiger partial charge on any atom is -0.487 e. The Balaban J connectivity index is 1.50. The summed E-state index contributed by atoms with van der Waals surface area (Å²) in [5.74, 6) is -0.385. The first-order valence-corrected chi connectivity index (χ1v) is 12.8. The summed E-state index contributed by atoms with van der Waals surface area (Å²) in [4.78, 5) is 18.8. The molecule has 0 amide bonds. The fraction of sp³-hybridized carbons (Fsp3) is 0.357. The van der Waals surface area contributed by atoms with Crippen molar-refractivity contribution in [2.45, 2.75) is 51.8 Å². The molecule has 1 N–H and O–H groups in total. The molecule has 2 aromatic heterocycles. The summed E-state index contributed by atoms with van der Waals surface area (Å²) < 4.78 is 7.93. The van der Waals surface area contributed by atoms with Crippen molar-refractivity contribution in [2.24, 2.45) is 7.05 Å². The Bertz CT molecular complexity index is 1450. The number of aliphatic carboxylic acids is 1. The maximum absolute atomic E-state index is 11.9. The minimum atomic E-state index is -0.863.